The highest BCUT2D eigenvalue weighted by molar-refractivity contribution is 7.83. The van der Waals surface area contributed by atoms with Crippen molar-refractivity contribution < 1.29 is 13.0 Å². The van der Waals surface area contributed by atoms with Gasteiger partial charge in [0, 0.05) is 6.04 Å². The molecule has 0 saturated carbocycles. The summed E-state index contributed by atoms with van der Waals surface area (Å²) < 4.78 is 30.5. The first kappa shape index (κ1) is 9.61. The quantitative estimate of drug-likeness (QED) is 0.466. The standard InChI is InChI=1S/C5H11NO3S/c1-3-4-5(2)6-10(7,8)9/h3,5-6H,1,4H2,2H3,(H,7,8,9). The second kappa shape index (κ2) is 3.70. The Bertz CT molecular complexity index is 197. The van der Waals surface area contributed by atoms with Crippen LogP contribution in [0.4, 0.5) is 0 Å². The summed E-state index contributed by atoms with van der Waals surface area (Å²) in [6.45, 7) is 5.05. The van der Waals surface area contributed by atoms with Crippen molar-refractivity contribution >= 4 is 10.3 Å². The molecule has 2 N–H and O–H groups in total. The first-order valence-electron chi connectivity index (χ1n) is 2.81. The molecule has 0 spiro atoms. The van der Waals surface area contributed by atoms with Gasteiger partial charge >= 0.3 is 10.3 Å². The summed E-state index contributed by atoms with van der Waals surface area (Å²) in [4.78, 5) is 0. The summed E-state index contributed by atoms with van der Waals surface area (Å²) in [5, 5.41) is 0. The van der Waals surface area contributed by atoms with E-state index < -0.39 is 10.3 Å². The van der Waals surface area contributed by atoms with Crippen LogP contribution >= 0.6 is 0 Å². The Morgan fingerprint density at radius 2 is 2.30 bits per heavy atom. The Kier molecular flexibility index (Phi) is 3.55. The SMILES string of the molecule is C=CCC(C)NS(=O)(=O)O. The third-order valence-electron chi connectivity index (χ3n) is 0.870. The molecule has 0 aliphatic heterocycles. The van der Waals surface area contributed by atoms with Gasteiger partial charge in [0.2, 0.25) is 0 Å². The zero-order chi connectivity index (χ0) is 8.20. The van der Waals surface area contributed by atoms with Crippen molar-refractivity contribution in [2.75, 3.05) is 0 Å². The number of nitrogens with one attached hydrogen (secondary N) is 1. The number of rotatable bonds is 4. The number of hydrogen-bond donors (Lipinski definition) is 2. The van der Waals surface area contributed by atoms with Gasteiger partial charge in [-0.1, -0.05) is 6.08 Å². The smallest absolute Gasteiger partial charge is 0.273 e. The molecule has 5 heteroatoms. The predicted molar refractivity (Wildman–Crippen MR) is 39.0 cm³/mol. The summed E-state index contributed by atoms with van der Waals surface area (Å²) in [5.74, 6) is 0. The molecule has 0 aromatic rings. The zero-order valence-electron chi connectivity index (χ0n) is 5.74. The van der Waals surface area contributed by atoms with Gasteiger partial charge < -0.3 is 0 Å². The van der Waals surface area contributed by atoms with Gasteiger partial charge in [0.05, 0.1) is 0 Å². The third kappa shape index (κ3) is 5.74. The Morgan fingerprint density at radius 3 is 2.60 bits per heavy atom. The summed E-state index contributed by atoms with van der Waals surface area (Å²) in [6.07, 6.45) is 2.07. The molecule has 0 bridgehead atoms. The summed E-state index contributed by atoms with van der Waals surface area (Å²) in [7, 11) is -4.04. The maximum atomic E-state index is 10.1. The highest BCUT2D eigenvalue weighted by Gasteiger charge is 2.07. The van der Waals surface area contributed by atoms with Crippen LogP contribution in [0.3, 0.4) is 0 Å². The molecule has 1 unspecified atom stereocenters. The lowest BCUT2D eigenvalue weighted by Gasteiger charge is -2.06. The molecule has 0 rings (SSSR count). The van der Waals surface area contributed by atoms with Crippen LogP contribution in [0.5, 0.6) is 0 Å². The van der Waals surface area contributed by atoms with E-state index in [4.69, 9.17) is 4.55 Å². The van der Waals surface area contributed by atoms with E-state index in [1.807, 2.05) is 4.72 Å². The molecule has 10 heavy (non-hydrogen) atoms. The normalized spacial score (nSPS) is 14.6. The van der Waals surface area contributed by atoms with E-state index in [1.165, 1.54) is 0 Å². The van der Waals surface area contributed by atoms with Gasteiger partial charge in [0.15, 0.2) is 0 Å². The first-order valence-corrected chi connectivity index (χ1v) is 4.25. The van der Waals surface area contributed by atoms with Crippen molar-refractivity contribution in [1.29, 1.82) is 0 Å². The van der Waals surface area contributed by atoms with Gasteiger partial charge in [-0.2, -0.15) is 13.1 Å². The lowest BCUT2D eigenvalue weighted by Crippen LogP contribution is -2.31. The van der Waals surface area contributed by atoms with Crippen LogP contribution in [0, 0.1) is 0 Å². The molecule has 0 amide bonds. The molecule has 0 aliphatic carbocycles. The topological polar surface area (TPSA) is 66.4 Å². The van der Waals surface area contributed by atoms with Crippen LogP contribution in [-0.2, 0) is 10.3 Å². The molecule has 4 nitrogen and oxygen atoms in total. The molecule has 0 fully saturated rings. The van der Waals surface area contributed by atoms with E-state index in [9.17, 15) is 8.42 Å². The minimum atomic E-state index is -4.04. The van der Waals surface area contributed by atoms with E-state index in [0.717, 1.165) is 0 Å². The van der Waals surface area contributed by atoms with Crippen LogP contribution < -0.4 is 4.72 Å². The molecule has 0 aromatic carbocycles. The van der Waals surface area contributed by atoms with Gasteiger partial charge in [-0.15, -0.1) is 6.58 Å². The molecule has 60 valence electrons. The van der Waals surface area contributed by atoms with Crippen molar-refractivity contribution in [3.8, 4) is 0 Å². The Labute approximate surface area is 60.8 Å². The predicted octanol–water partition coefficient (Wildman–Crippen LogP) is 0.343. The molecule has 0 heterocycles. The minimum absolute atomic E-state index is 0.299. The van der Waals surface area contributed by atoms with Gasteiger partial charge in [-0.3, -0.25) is 4.55 Å². The highest BCUT2D eigenvalue weighted by atomic mass is 32.2. The summed E-state index contributed by atoms with van der Waals surface area (Å²) in [5.41, 5.74) is 0. The fraction of sp³-hybridized carbons (Fsp3) is 0.600. The van der Waals surface area contributed by atoms with E-state index in [-0.39, 0.29) is 6.04 Å². The molecule has 0 saturated heterocycles. The molecular weight excluding hydrogens is 154 g/mol. The Morgan fingerprint density at radius 1 is 1.80 bits per heavy atom. The molecule has 0 aliphatic rings. The van der Waals surface area contributed by atoms with Crippen molar-refractivity contribution in [2.24, 2.45) is 0 Å². The van der Waals surface area contributed by atoms with Gasteiger partial charge in [0.25, 0.3) is 0 Å². The molecular formula is C5H11NO3S. The second-order valence-electron chi connectivity index (χ2n) is 2.02. The van der Waals surface area contributed by atoms with Crippen LogP contribution in [-0.4, -0.2) is 19.0 Å². The van der Waals surface area contributed by atoms with E-state index in [0.29, 0.717) is 6.42 Å². The monoisotopic (exact) mass is 165 g/mol. The largest absolute Gasteiger partial charge is 0.333 e. The van der Waals surface area contributed by atoms with Crippen LogP contribution in [0.2, 0.25) is 0 Å². The molecule has 1 atom stereocenters. The zero-order valence-corrected chi connectivity index (χ0v) is 6.56. The van der Waals surface area contributed by atoms with Crippen molar-refractivity contribution in [2.45, 2.75) is 19.4 Å². The average molecular weight is 165 g/mol. The fourth-order valence-electron chi connectivity index (χ4n) is 0.552. The lowest BCUT2D eigenvalue weighted by molar-refractivity contribution is 0.456. The second-order valence-corrected chi connectivity index (χ2v) is 3.20. The van der Waals surface area contributed by atoms with E-state index in [2.05, 4.69) is 6.58 Å². The number of hydrogen-bond acceptors (Lipinski definition) is 2. The third-order valence-corrected chi connectivity index (χ3v) is 1.57. The summed E-state index contributed by atoms with van der Waals surface area (Å²) >= 11 is 0. The lowest BCUT2D eigenvalue weighted by atomic mass is 10.3. The fourth-order valence-corrected chi connectivity index (χ4v) is 1.16. The Balaban J connectivity index is 3.80. The van der Waals surface area contributed by atoms with Crippen molar-refractivity contribution in [3.05, 3.63) is 12.7 Å². The highest BCUT2D eigenvalue weighted by Crippen LogP contribution is 1.91. The van der Waals surface area contributed by atoms with E-state index in [1.54, 1.807) is 13.0 Å². The average Bonchev–Trinajstić information content (AvgIpc) is 1.59. The van der Waals surface area contributed by atoms with E-state index >= 15 is 0 Å². The van der Waals surface area contributed by atoms with Crippen molar-refractivity contribution in [1.82, 2.24) is 4.72 Å². The first-order chi connectivity index (χ1) is 4.45. The van der Waals surface area contributed by atoms with Gasteiger partial charge in [-0.25, -0.2) is 0 Å². The van der Waals surface area contributed by atoms with Crippen LogP contribution in [0.25, 0.3) is 0 Å². The maximum Gasteiger partial charge on any atom is 0.333 e. The Hall–Kier alpha value is -0.390. The minimum Gasteiger partial charge on any atom is -0.273 e. The summed E-state index contributed by atoms with van der Waals surface area (Å²) in [6, 6.07) is -0.299. The molecule has 0 aromatic heterocycles. The molecule has 0 radical (unpaired) electrons. The van der Waals surface area contributed by atoms with Gasteiger partial charge in [0.1, 0.15) is 0 Å². The van der Waals surface area contributed by atoms with Crippen LogP contribution in [0.15, 0.2) is 12.7 Å². The van der Waals surface area contributed by atoms with Crippen LogP contribution in [0.1, 0.15) is 13.3 Å². The maximum absolute atomic E-state index is 10.1. The van der Waals surface area contributed by atoms with Gasteiger partial charge in [-0.05, 0) is 13.3 Å². The van der Waals surface area contributed by atoms with Crippen molar-refractivity contribution in [3.63, 3.8) is 0 Å².